The largest absolute Gasteiger partial charge is 0.362 e. The normalized spacial score (nSPS) is 17.9. The Morgan fingerprint density at radius 2 is 1.80 bits per heavy atom. The number of nitrogens with zero attached hydrogens (tertiary/aromatic N) is 2. The summed E-state index contributed by atoms with van der Waals surface area (Å²) in [6, 6.07) is 1.96. The molecule has 112 valence electrons. The molecule has 20 heavy (non-hydrogen) atoms. The van der Waals surface area contributed by atoms with E-state index in [4.69, 9.17) is 0 Å². The molecule has 1 N–H and O–H groups in total. The van der Waals surface area contributed by atoms with Gasteiger partial charge in [0.05, 0.1) is 6.54 Å². The molecule has 1 aliphatic rings. The summed E-state index contributed by atoms with van der Waals surface area (Å²) in [4.78, 5) is 20.3. The molecule has 0 saturated carbocycles. The third kappa shape index (κ3) is 3.93. The first kappa shape index (κ1) is 15.3. The summed E-state index contributed by atoms with van der Waals surface area (Å²) in [5.74, 6) is 0.956. The van der Waals surface area contributed by atoms with Crippen LogP contribution in [0.5, 0.6) is 0 Å². The van der Waals surface area contributed by atoms with E-state index in [0.717, 1.165) is 49.7 Å². The first-order valence-electron chi connectivity index (χ1n) is 7.60. The number of hydrogen-bond acceptors (Lipinski definition) is 3. The third-order valence-electron chi connectivity index (χ3n) is 3.91. The van der Waals surface area contributed by atoms with Crippen LogP contribution >= 0.6 is 0 Å². The Labute approximate surface area is 122 Å². The summed E-state index contributed by atoms with van der Waals surface area (Å²) in [6.07, 6.45) is 0. The lowest BCUT2D eigenvalue weighted by Crippen LogP contribution is -2.48. The number of hydrogen-bond donors (Lipinski definition) is 1. The van der Waals surface area contributed by atoms with Gasteiger partial charge >= 0.3 is 0 Å². The average molecular weight is 277 g/mol. The van der Waals surface area contributed by atoms with Gasteiger partial charge in [0.1, 0.15) is 0 Å². The monoisotopic (exact) mass is 277 g/mol. The van der Waals surface area contributed by atoms with Gasteiger partial charge in [-0.15, -0.1) is 0 Å². The average Bonchev–Trinajstić information content (AvgIpc) is 2.70. The number of aromatic amines is 1. The van der Waals surface area contributed by atoms with Gasteiger partial charge in [-0.25, -0.2) is 0 Å². The van der Waals surface area contributed by atoms with Gasteiger partial charge in [0.15, 0.2) is 5.78 Å². The fourth-order valence-electron chi connectivity index (χ4n) is 2.95. The van der Waals surface area contributed by atoms with Crippen molar-refractivity contribution >= 4 is 5.78 Å². The summed E-state index contributed by atoms with van der Waals surface area (Å²) in [5.41, 5.74) is 2.91. The predicted molar refractivity (Wildman–Crippen MR) is 82.3 cm³/mol. The van der Waals surface area contributed by atoms with Crippen LogP contribution in [0.1, 0.15) is 35.6 Å². The summed E-state index contributed by atoms with van der Waals surface area (Å²) < 4.78 is 0. The van der Waals surface area contributed by atoms with E-state index < -0.39 is 0 Å². The van der Waals surface area contributed by atoms with Crippen molar-refractivity contribution in [1.29, 1.82) is 0 Å². The fourth-order valence-corrected chi connectivity index (χ4v) is 2.95. The molecule has 1 aliphatic heterocycles. The molecule has 4 nitrogen and oxygen atoms in total. The number of aryl methyl sites for hydroxylation is 2. The molecule has 2 heterocycles. The van der Waals surface area contributed by atoms with Gasteiger partial charge in [0.2, 0.25) is 0 Å². The van der Waals surface area contributed by atoms with E-state index in [9.17, 15) is 4.79 Å². The van der Waals surface area contributed by atoms with Crippen molar-refractivity contribution < 1.29 is 4.79 Å². The highest BCUT2D eigenvalue weighted by Gasteiger charge is 2.21. The zero-order valence-electron chi connectivity index (χ0n) is 13.2. The minimum Gasteiger partial charge on any atom is -0.362 e. The molecule has 2 rings (SSSR count). The molecule has 1 saturated heterocycles. The smallest absolute Gasteiger partial charge is 0.178 e. The van der Waals surface area contributed by atoms with Crippen LogP contribution in [0.4, 0.5) is 0 Å². The number of nitrogens with one attached hydrogen (secondary N) is 1. The number of piperazine rings is 1. The minimum atomic E-state index is 0.240. The molecule has 1 fully saturated rings. The Kier molecular flexibility index (Phi) is 5.00. The van der Waals surface area contributed by atoms with Crippen molar-refractivity contribution in [2.75, 3.05) is 39.3 Å². The van der Waals surface area contributed by atoms with Crippen LogP contribution in [0, 0.1) is 19.8 Å². The van der Waals surface area contributed by atoms with Crippen molar-refractivity contribution in [3.63, 3.8) is 0 Å². The SMILES string of the molecule is Cc1cc(C(=O)CN2CCN(CC(C)C)CC2)c(C)[nH]1. The Bertz CT molecular complexity index is 456. The second kappa shape index (κ2) is 6.55. The maximum atomic E-state index is 12.3. The van der Waals surface area contributed by atoms with Gasteiger partial charge in [-0.05, 0) is 25.8 Å². The van der Waals surface area contributed by atoms with E-state index in [0.29, 0.717) is 12.5 Å². The van der Waals surface area contributed by atoms with Crippen LogP contribution in [-0.4, -0.2) is 59.8 Å². The van der Waals surface area contributed by atoms with Gasteiger partial charge < -0.3 is 9.88 Å². The number of aromatic nitrogens is 1. The zero-order chi connectivity index (χ0) is 14.7. The van der Waals surface area contributed by atoms with Crippen LogP contribution in [0.25, 0.3) is 0 Å². The molecular formula is C16H27N3O. The number of carbonyl (C=O) groups excluding carboxylic acids is 1. The van der Waals surface area contributed by atoms with Crippen LogP contribution < -0.4 is 0 Å². The molecule has 4 heteroatoms. The highest BCUT2D eigenvalue weighted by Crippen LogP contribution is 2.12. The first-order valence-corrected chi connectivity index (χ1v) is 7.60. The van der Waals surface area contributed by atoms with Gasteiger partial charge in [0, 0.05) is 49.7 Å². The van der Waals surface area contributed by atoms with Gasteiger partial charge in [-0.2, -0.15) is 0 Å². The van der Waals surface area contributed by atoms with Crippen molar-refractivity contribution in [2.45, 2.75) is 27.7 Å². The molecule has 0 bridgehead atoms. The number of ketones is 1. The van der Waals surface area contributed by atoms with Crippen molar-refractivity contribution in [2.24, 2.45) is 5.92 Å². The van der Waals surface area contributed by atoms with Crippen LogP contribution in [0.3, 0.4) is 0 Å². The quantitative estimate of drug-likeness (QED) is 0.838. The van der Waals surface area contributed by atoms with Gasteiger partial charge in [-0.3, -0.25) is 9.69 Å². The molecule has 0 atom stereocenters. The van der Waals surface area contributed by atoms with Crippen LogP contribution in [-0.2, 0) is 0 Å². The highest BCUT2D eigenvalue weighted by molar-refractivity contribution is 5.98. The second-order valence-corrected chi connectivity index (χ2v) is 6.38. The molecule has 0 radical (unpaired) electrons. The summed E-state index contributed by atoms with van der Waals surface area (Å²) >= 11 is 0. The third-order valence-corrected chi connectivity index (χ3v) is 3.91. The maximum Gasteiger partial charge on any atom is 0.178 e. The molecule has 0 aliphatic carbocycles. The predicted octanol–water partition coefficient (Wildman–Crippen LogP) is 2.09. The van der Waals surface area contributed by atoms with Crippen LogP contribution in [0.15, 0.2) is 6.07 Å². The lowest BCUT2D eigenvalue weighted by molar-refractivity contribution is 0.0837. The number of Topliss-reactive ketones (excluding diaryl/α,β-unsaturated/α-hetero) is 1. The lowest BCUT2D eigenvalue weighted by atomic mass is 10.1. The lowest BCUT2D eigenvalue weighted by Gasteiger charge is -2.35. The highest BCUT2D eigenvalue weighted by atomic mass is 16.1. The van der Waals surface area contributed by atoms with Crippen molar-refractivity contribution in [3.05, 3.63) is 23.0 Å². The number of carbonyl (C=O) groups is 1. The Morgan fingerprint density at radius 1 is 1.20 bits per heavy atom. The number of H-pyrrole nitrogens is 1. The number of rotatable bonds is 5. The second-order valence-electron chi connectivity index (χ2n) is 6.38. The molecule has 0 aromatic carbocycles. The molecule has 1 aromatic heterocycles. The van der Waals surface area contributed by atoms with Crippen molar-refractivity contribution in [1.82, 2.24) is 14.8 Å². The maximum absolute atomic E-state index is 12.3. The van der Waals surface area contributed by atoms with Gasteiger partial charge in [-0.1, -0.05) is 13.8 Å². The Hall–Kier alpha value is -1.13. The van der Waals surface area contributed by atoms with E-state index in [-0.39, 0.29) is 5.78 Å². The topological polar surface area (TPSA) is 39.3 Å². The van der Waals surface area contributed by atoms with E-state index in [1.54, 1.807) is 0 Å². The molecular weight excluding hydrogens is 250 g/mol. The fraction of sp³-hybridized carbons (Fsp3) is 0.688. The first-order chi connectivity index (χ1) is 9.45. The van der Waals surface area contributed by atoms with Crippen LogP contribution in [0.2, 0.25) is 0 Å². The standard InChI is InChI=1S/C16H27N3O/c1-12(2)10-18-5-7-19(8-6-18)11-16(20)15-9-13(3)17-14(15)4/h9,12,17H,5-8,10-11H2,1-4H3. The van der Waals surface area contributed by atoms with E-state index in [1.165, 1.54) is 0 Å². The molecule has 0 amide bonds. The molecule has 1 aromatic rings. The molecule has 0 unspecified atom stereocenters. The van der Waals surface area contributed by atoms with E-state index >= 15 is 0 Å². The summed E-state index contributed by atoms with van der Waals surface area (Å²) in [5, 5.41) is 0. The minimum absolute atomic E-state index is 0.240. The summed E-state index contributed by atoms with van der Waals surface area (Å²) in [7, 11) is 0. The van der Waals surface area contributed by atoms with E-state index in [2.05, 4.69) is 28.6 Å². The Morgan fingerprint density at radius 3 is 2.30 bits per heavy atom. The Balaban J connectivity index is 1.83. The van der Waals surface area contributed by atoms with Crippen molar-refractivity contribution in [3.8, 4) is 0 Å². The zero-order valence-corrected chi connectivity index (χ0v) is 13.2. The molecule has 0 spiro atoms. The summed E-state index contributed by atoms with van der Waals surface area (Å²) in [6.45, 7) is 14.4. The van der Waals surface area contributed by atoms with E-state index in [1.807, 2.05) is 19.9 Å². The van der Waals surface area contributed by atoms with Gasteiger partial charge in [0.25, 0.3) is 0 Å².